The first-order valence-electron chi connectivity index (χ1n) is 7.25. The first kappa shape index (κ1) is 16.2. The maximum atomic E-state index is 11.2. The van der Waals surface area contributed by atoms with E-state index in [1.807, 2.05) is 42.9 Å². The second kappa shape index (κ2) is 8.31. The molecule has 0 fully saturated rings. The van der Waals surface area contributed by atoms with E-state index in [0.29, 0.717) is 6.61 Å². The molecule has 3 nitrogen and oxygen atoms in total. The van der Waals surface area contributed by atoms with Crippen molar-refractivity contribution in [2.24, 2.45) is 0 Å². The Kier molecular flexibility index (Phi) is 6.12. The summed E-state index contributed by atoms with van der Waals surface area (Å²) in [7, 11) is -2.00. The summed E-state index contributed by atoms with van der Waals surface area (Å²) < 4.78 is 11.0. The lowest BCUT2D eigenvalue weighted by Gasteiger charge is -2.20. The molecule has 0 amide bonds. The Morgan fingerprint density at radius 1 is 1.09 bits per heavy atom. The number of rotatable bonds is 7. The molecule has 0 saturated heterocycles. The van der Waals surface area contributed by atoms with Crippen molar-refractivity contribution in [2.45, 2.75) is 12.5 Å². The molecule has 0 heterocycles. The third-order valence-corrected chi connectivity index (χ3v) is 4.58. The zero-order valence-corrected chi connectivity index (χ0v) is 13.8. The van der Waals surface area contributed by atoms with Crippen molar-refractivity contribution >= 4 is 15.3 Å². The number of benzene rings is 2. The van der Waals surface area contributed by atoms with Gasteiger partial charge in [-0.2, -0.15) is 0 Å². The Bertz CT molecular complexity index is 559. The summed E-state index contributed by atoms with van der Waals surface area (Å²) in [4.78, 5) is 11.2. The highest BCUT2D eigenvalue weighted by atomic mass is 28.3. The summed E-state index contributed by atoms with van der Waals surface area (Å²) in [6.07, 6.45) is 1.17. The maximum absolute atomic E-state index is 11.2. The highest BCUT2D eigenvalue weighted by molar-refractivity contribution is 6.45. The molecule has 0 aliphatic heterocycles. The predicted molar refractivity (Wildman–Crippen MR) is 90.0 cm³/mol. The molecule has 2 aromatic carbocycles. The van der Waals surface area contributed by atoms with Gasteiger partial charge in [-0.15, -0.1) is 0 Å². The summed E-state index contributed by atoms with van der Waals surface area (Å²) in [5.41, 5.74) is 2.37. The Labute approximate surface area is 133 Å². The van der Waals surface area contributed by atoms with E-state index in [2.05, 4.69) is 30.8 Å². The molecule has 2 rings (SSSR count). The predicted octanol–water partition coefficient (Wildman–Crippen LogP) is 3.41. The van der Waals surface area contributed by atoms with Gasteiger partial charge >= 0.3 is 15.3 Å². The molecule has 22 heavy (non-hydrogen) atoms. The van der Waals surface area contributed by atoms with E-state index in [1.54, 1.807) is 0 Å². The van der Waals surface area contributed by atoms with Gasteiger partial charge in [0.15, 0.2) is 0 Å². The molecule has 2 aromatic rings. The molecule has 114 valence electrons. The SMILES string of the molecule is C=CC(=O)O[SiH](C)OCC(c1ccccc1)c1ccccc1. The molecule has 0 aromatic heterocycles. The van der Waals surface area contributed by atoms with Gasteiger partial charge in [-0.25, -0.2) is 4.79 Å². The molecule has 1 atom stereocenters. The lowest BCUT2D eigenvalue weighted by Crippen LogP contribution is -2.24. The molecule has 4 heteroatoms. The zero-order chi connectivity index (χ0) is 15.8. The summed E-state index contributed by atoms with van der Waals surface area (Å²) in [5.74, 6) is -0.296. The van der Waals surface area contributed by atoms with E-state index in [4.69, 9.17) is 8.85 Å². The molecular weight excluding hydrogens is 292 g/mol. The van der Waals surface area contributed by atoms with Crippen LogP contribution in [0.3, 0.4) is 0 Å². The second-order valence-corrected chi connectivity index (χ2v) is 6.62. The van der Waals surface area contributed by atoms with E-state index in [-0.39, 0.29) is 5.92 Å². The van der Waals surface area contributed by atoms with E-state index < -0.39 is 15.3 Å². The van der Waals surface area contributed by atoms with E-state index in [1.165, 1.54) is 17.2 Å². The highest BCUT2D eigenvalue weighted by Crippen LogP contribution is 2.25. The van der Waals surface area contributed by atoms with Crippen molar-refractivity contribution in [1.82, 2.24) is 0 Å². The number of hydrogen-bond acceptors (Lipinski definition) is 3. The number of carbonyl (C=O) groups is 1. The lowest BCUT2D eigenvalue weighted by molar-refractivity contribution is -0.130. The second-order valence-electron chi connectivity index (χ2n) is 4.92. The van der Waals surface area contributed by atoms with Crippen LogP contribution >= 0.6 is 0 Å². The van der Waals surface area contributed by atoms with Crippen molar-refractivity contribution in [2.75, 3.05) is 6.61 Å². The van der Waals surface area contributed by atoms with Gasteiger partial charge in [-0.3, -0.25) is 0 Å². The minimum Gasteiger partial charge on any atom is -0.494 e. The average molecular weight is 312 g/mol. The van der Waals surface area contributed by atoms with E-state index >= 15 is 0 Å². The van der Waals surface area contributed by atoms with Gasteiger partial charge in [0.1, 0.15) is 0 Å². The molecule has 0 radical (unpaired) electrons. The Morgan fingerprint density at radius 3 is 2.05 bits per heavy atom. The van der Waals surface area contributed by atoms with Crippen LogP contribution in [0.1, 0.15) is 17.0 Å². The first-order valence-corrected chi connectivity index (χ1v) is 9.35. The largest absolute Gasteiger partial charge is 0.494 e. The molecule has 0 aliphatic carbocycles. The normalized spacial score (nSPS) is 11.9. The van der Waals surface area contributed by atoms with Gasteiger partial charge < -0.3 is 8.85 Å². The molecule has 0 saturated carbocycles. The van der Waals surface area contributed by atoms with Gasteiger partial charge in [0.2, 0.25) is 0 Å². The van der Waals surface area contributed by atoms with Gasteiger partial charge in [-0.1, -0.05) is 67.2 Å². The summed E-state index contributed by atoms with van der Waals surface area (Å²) in [5, 5.41) is 0. The summed E-state index contributed by atoms with van der Waals surface area (Å²) in [6.45, 7) is 5.73. The van der Waals surface area contributed by atoms with E-state index in [0.717, 1.165) is 0 Å². The number of hydrogen-bond donors (Lipinski definition) is 0. The number of carbonyl (C=O) groups excluding carboxylic acids is 1. The van der Waals surface area contributed by atoms with Crippen LogP contribution in [0.15, 0.2) is 73.3 Å². The fourth-order valence-electron chi connectivity index (χ4n) is 2.23. The van der Waals surface area contributed by atoms with Gasteiger partial charge in [0.05, 0.1) is 0 Å². The third kappa shape index (κ3) is 4.68. The van der Waals surface area contributed by atoms with Crippen LogP contribution in [0.25, 0.3) is 0 Å². The standard InChI is InChI=1S/C18H20O3Si/c1-3-18(19)21-22(2)20-14-17(15-10-6-4-7-11-15)16-12-8-5-9-13-16/h3-13,17,22H,1,14H2,2H3. The van der Waals surface area contributed by atoms with Crippen molar-refractivity contribution in [1.29, 1.82) is 0 Å². The van der Waals surface area contributed by atoms with E-state index in [9.17, 15) is 4.79 Å². The maximum Gasteiger partial charge on any atom is 0.382 e. The van der Waals surface area contributed by atoms with Crippen LogP contribution in [0.5, 0.6) is 0 Å². The lowest BCUT2D eigenvalue weighted by atomic mass is 9.92. The Balaban J connectivity index is 2.09. The summed E-state index contributed by atoms with van der Waals surface area (Å²) >= 11 is 0. The Morgan fingerprint density at radius 2 is 1.59 bits per heavy atom. The van der Waals surface area contributed by atoms with Crippen molar-refractivity contribution in [3.05, 3.63) is 84.4 Å². The van der Waals surface area contributed by atoms with Gasteiger partial charge in [-0.05, 0) is 17.7 Å². The van der Waals surface area contributed by atoms with Gasteiger partial charge in [0, 0.05) is 18.6 Å². The molecule has 0 aliphatic rings. The van der Waals surface area contributed by atoms with Crippen molar-refractivity contribution in [3.8, 4) is 0 Å². The van der Waals surface area contributed by atoms with Gasteiger partial charge in [0.25, 0.3) is 0 Å². The Hall–Kier alpha value is -2.17. The van der Waals surface area contributed by atoms with Crippen LogP contribution < -0.4 is 0 Å². The monoisotopic (exact) mass is 312 g/mol. The minimum absolute atomic E-state index is 0.125. The molecular formula is C18H20O3Si. The van der Waals surface area contributed by atoms with Crippen LogP contribution in [-0.2, 0) is 13.6 Å². The quantitative estimate of drug-likeness (QED) is 0.580. The fourth-order valence-corrected chi connectivity index (χ4v) is 3.19. The fraction of sp³-hybridized carbons (Fsp3) is 0.167. The smallest absolute Gasteiger partial charge is 0.382 e. The molecule has 0 N–H and O–H groups in total. The van der Waals surface area contributed by atoms with Crippen molar-refractivity contribution < 1.29 is 13.6 Å². The van der Waals surface area contributed by atoms with Crippen LogP contribution in [0, 0.1) is 0 Å². The van der Waals surface area contributed by atoms with Crippen LogP contribution in [0.2, 0.25) is 6.55 Å². The van der Waals surface area contributed by atoms with Crippen LogP contribution in [0.4, 0.5) is 0 Å². The first-order chi connectivity index (χ1) is 10.7. The third-order valence-electron chi connectivity index (χ3n) is 3.35. The molecule has 0 bridgehead atoms. The molecule has 0 spiro atoms. The molecule has 1 unspecified atom stereocenters. The van der Waals surface area contributed by atoms with Crippen LogP contribution in [-0.4, -0.2) is 21.9 Å². The van der Waals surface area contributed by atoms with Crippen molar-refractivity contribution in [3.63, 3.8) is 0 Å². The highest BCUT2D eigenvalue weighted by Gasteiger charge is 2.18. The topological polar surface area (TPSA) is 35.5 Å². The summed E-state index contributed by atoms with van der Waals surface area (Å²) in [6, 6.07) is 20.4. The zero-order valence-electron chi connectivity index (χ0n) is 12.6. The average Bonchev–Trinajstić information content (AvgIpc) is 2.57. The minimum atomic E-state index is -2.00.